The lowest BCUT2D eigenvalue weighted by Crippen LogP contribution is -2.32. The number of halogens is 1. The monoisotopic (exact) mass is 231 g/mol. The summed E-state index contributed by atoms with van der Waals surface area (Å²) in [6, 6.07) is 0.346. The van der Waals surface area contributed by atoms with Crippen molar-refractivity contribution >= 4 is 15.9 Å². The number of rotatable bonds is 1. The number of aromatic nitrogens is 3. The molecule has 12 heavy (non-hydrogen) atoms. The second kappa shape index (κ2) is 2.81. The van der Waals surface area contributed by atoms with Gasteiger partial charge in [0.25, 0.3) is 0 Å². The first-order valence-corrected chi connectivity index (χ1v) is 4.73. The minimum Gasteiger partial charge on any atom is -0.393 e. The maximum absolute atomic E-state index is 9.10. The van der Waals surface area contributed by atoms with Crippen LogP contribution < -0.4 is 0 Å². The summed E-state index contributed by atoms with van der Waals surface area (Å²) in [5, 5.41) is 17.0. The highest BCUT2D eigenvalue weighted by atomic mass is 79.9. The Labute approximate surface area is 78.7 Å². The van der Waals surface area contributed by atoms with Gasteiger partial charge in [0.15, 0.2) is 4.60 Å². The van der Waals surface area contributed by atoms with Gasteiger partial charge in [0.05, 0.1) is 17.8 Å². The van der Waals surface area contributed by atoms with E-state index in [1.807, 2.05) is 11.6 Å². The number of aliphatic hydroxyl groups is 1. The summed E-state index contributed by atoms with van der Waals surface area (Å²) in [5.74, 6) is 0. The van der Waals surface area contributed by atoms with Crippen molar-refractivity contribution in [2.75, 3.05) is 0 Å². The fourth-order valence-electron chi connectivity index (χ4n) is 1.43. The van der Waals surface area contributed by atoms with E-state index in [1.54, 1.807) is 0 Å². The molecule has 2 rings (SSSR count). The molecule has 0 aliphatic heterocycles. The third kappa shape index (κ3) is 1.17. The first-order valence-electron chi connectivity index (χ1n) is 3.94. The van der Waals surface area contributed by atoms with Crippen LogP contribution in [0, 0.1) is 6.92 Å². The number of hydrogen-bond donors (Lipinski definition) is 1. The Morgan fingerprint density at radius 1 is 1.58 bits per heavy atom. The predicted octanol–water partition coefficient (Wildman–Crippen LogP) is 1.04. The molecule has 0 atom stereocenters. The van der Waals surface area contributed by atoms with Crippen molar-refractivity contribution in [3.8, 4) is 0 Å². The van der Waals surface area contributed by atoms with Crippen LogP contribution in [0.4, 0.5) is 0 Å². The summed E-state index contributed by atoms with van der Waals surface area (Å²) in [6.45, 7) is 1.97. The lowest BCUT2D eigenvalue weighted by atomic mass is 9.89. The molecule has 1 aromatic rings. The SMILES string of the molecule is Cc1c(Br)nnn1C1CC(O)C1. The van der Waals surface area contributed by atoms with Gasteiger partial charge in [0.1, 0.15) is 0 Å². The normalized spacial score (nSPS) is 28.6. The average Bonchev–Trinajstić information content (AvgIpc) is 2.28. The Morgan fingerprint density at radius 3 is 2.67 bits per heavy atom. The van der Waals surface area contributed by atoms with Crippen molar-refractivity contribution in [3.05, 3.63) is 10.3 Å². The van der Waals surface area contributed by atoms with Gasteiger partial charge in [-0.2, -0.15) is 0 Å². The molecule has 1 aliphatic rings. The first-order chi connectivity index (χ1) is 5.68. The average molecular weight is 232 g/mol. The van der Waals surface area contributed by atoms with Crippen molar-refractivity contribution in [3.63, 3.8) is 0 Å². The Balaban J connectivity index is 2.18. The van der Waals surface area contributed by atoms with Crippen molar-refractivity contribution in [2.45, 2.75) is 31.9 Å². The van der Waals surface area contributed by atoms with Crippen molar-refractivity contribution in [2.24, 2.45) is 0 Å². The van der Waals surface area contributed by atoms with Gasteiger partial charge < -0.3 is 5.11 Å². The highest BCUT2D eigenvalue weighted by Crippen LogP contribution is 2.33. The van der Waals surface area contributed by atoms with Crippen LogP contribution in [0.2, 0.25) is 0 Å². The smallest absolute Gasteiger partial charge is 0.151 e. The summed E-state index contributed by atoms with van der Waals surface area (Å²) >= 11 is 3.30. The van der Waals surface area contributed by atoms with Crippen LogP contribution in [-0.2, 0) is 0 Å². The summed E-state index contributed by atoms with van der Waals surface area (Å²) in [4.78, 5) is 0. The third-order valence-corrected chi connectivity index (χ3v) is 3.04. The van der Waals surface area contributed by atoms with E-state index in [1.165, 1.54) is 0 Å². The molecule has 1 aromatic heterocycles. The second-order valence-corrected chi connectivity index (χ2v) is 3.94. The minimum atomic E-state index is -0.141. The molecule has 0 spiro atoms. The zero-order chi connectivity index (χ0) is 8.72. The molecular formula is C7H10BrN3O. The molecule has 0 radical (unpaired) electrons. The molecule has 0 aromatic carbocycles. The van der Waals surface area contributed by atoms with Gasteiger partial charge in [-0.15, -0.1) is 5.10 Å². The lowest BCUT2D eigenvalue weighted by molar-refractivity contribution is 0.0418. The van der Waals surface area contributed by atoms with Crippen LogP contribution >= 0.6 is 15.9 Å². The zero-order valence-corrected chi connectivity index (χ0v) is 8.32. The standard InChI is InChI=1S/C7H10BrN3O/c1-4-7(8)9-10-11(4)5-2-6(12)3-5/h5-6,12H,2-3H2,1H3. The number of nitrogens with zero attached hydrogens (tertiary/aromatic N) is 3. The Bertz CT molecular complexity index is 293. The Hall–Kier alpha value is -0.420. The van der Waals surface area contributed by atoms with E-state index < -0.39 is 0 Å². The van der Waals surface area contributed by atoms with Gasteiger partial charge in [0.2, 0.25) is 0 Å². The van der Waals surface area contributed by atoms with E-state index >= 15 is 0 Å². The summed E-state index contributed by atoms with van der Waals surface area (Å²) in [6.07, 6.45) is 1.46. The summed E-state index contributed by atoms with van der Waals surface area (Å²) < 4.78 is 2.67. The van der Waals surface area contributed by atoms with E-state index in [4.69, 9.17) is 5.11 Å². The topological polar surface area (TPSA) is 50.9 Å². The van der Waals surface area contributed by atoms with Crippen LogP contribution in [-0.4, -0.2) is 26.2 Å². The Kier molecular flexibility index (Phi) is 1.92. The van der Waals surface area contributed by atoms with E-state index in [-0.39, 0.29) is 6.10 Å². The minimum absolute atomic E-state index is 0.141. The van der Waals surface area contributed by atoms with Crippen LogP contribution in [0.15, 0.2) is 4.60 Å². The predicted molar refractivity (Wildman–Crippen MR) is 46.7 cm³/mol. The maximum Gasteiger partial charge on any atom is 0.151 e. The molecule has 1 saturated carbocycles. The van der Waals surface area contributed by atoms with E-state index in [0.29, 0.717) is 6.04 Å². The Morgan fingerprint density at radius 2 is 2.25 bits per heavy atom. The molecule has 0 unspecified atom stereocenters. The fraction of sp³-hybridized carbons (Fsp3) is 0.714. The molecule has 0 amide bonds. The van der Waals surface area contributed by atoms with E-state index in [2.05, 4.69) is 26.2 Å². The largest absolute Gasteiger partial charge is 0.393 e. The molecule has 1 aliphatic carbocycles. The second-order valence-electron chi connectivity index (χ2n) is 3.19. The zero-order valence-electron chi connectivity index (χ0n) is 6.74. The van der Waals surface area contributed by atoms with Crippen molar-refractivity contribution in [1.82, 2.24) is 15.0 Å². The molecule has 1 N–H and O–H groups in total. The van der Waals surface area contributed by atoms with Crippen LogP contribution in [0.5, 0.6) is 0 Å². The van der Waals surface area contributed by atoms with E-state index in [0.717, 1.165) is 23.1 Å². The lowest BCUT2D eigenvalue weighted by Gasteiger charge is -2.31. The van der Waals surface area contributed by atoms with Gasteiger partial charge in [-0.3, -0.25) is 0 Å². The highest BCUT2D eigenvalue weighted by molar-refractivity contribution is 9.10. The number of aliphatic hydroxyl groups excluding tert-OH is 1. The highest BCUT2D eigenvalue weighted by Gasteiger charge is 2.30. The molecule has 1 heterocycles. The molecule has 1 fully saturated rings. The van der Waals surface area contributed by atoms with E-state index in [9.17, 15) is 0 Å². The summed E-state index contributed by atoms with van der Waals surface area (Å²) in [7, 11) is 0. The van der Waals surface area contributed by atoms with Gasteiger partial charge >= 0.3 is 0 Å². The van der Waals surface area contributed by atoms with Crippen molar-refractivity contribution < 1.29 is 5.11 Å². The summed E-state index contributed by atoms with van der Waals surface area (Å²) in [5.41, 5.74) is 1.03. The molecule has 66 valence electrons. The molecule has 5 heteroatoms. The van der Waals surface area contributed by atoms with Gasteiger partial charge in [-0.05, 0) is 35.7 Å². The van der Waals surface area contributed by atoms with Crippen LogP contribution in [0.3, 0.4) is 0 Å². The molecule has 4 nitrogen and oxygen atoms in total. The fourth-order valence-corrected chi connectivity index (χ4v) is 1.68. The van der Waals surface area contributed by atoms with Gasteiger partial charge in [-0.1, -0.05) is 5.21 Å². The third-order valence-electron chi connectivity index (χ3n) is 2.31. The van der Waals surface area contributed by atoms with Gasteiger partial charge in [0, 0.05) is 0 Å². The first kappa shape index (κ1) is 8.19. The van der Waals surface area contributed by atoms with Gasteiger partial charge in [-0.25, -0.2) is 4.68 Å². The number of hydrogen-bond acceptors (Lipinski definition) is 3. The quantitative estimate of drug-likeness (QED) is 0.787. The molecular weight excluding hydrogens is 222 g/mol. The van der Waals surface area contributed by atoms with Crippen molar-refractivity contribution in [1.29, 1.82) is 0 Å². The maximum atomic E-state index is 9.10. The van der Waals surface area contributed by atoms with Crippen LogP contribution in [0.25, 0.3) is 0 Å². The van der Waals surface area contributed by atoms with Crippen LogP contribution in [0.1, 0.15) is 24.6 Å². The molecule has 0 saturated heterocycles. The molecule has 0 bridgehead atoms.